The van der Waals surface area contributed by atoms with Crippen LogP contribution in [-0.2, 0) is 22.6 Å². The summed E-state index contributed by atoms with van der Waals surface area (Å²) in [5.41, 5.74) is 8.08. The van der Waals surface area contributed by atoms with Crippen LogP contribution in [0.3, 0.4) is 0 Å². The molecule has 0 saturated heterocycles. The molecule has 5 N–H and O–H groups in total. The predicted octanol–water partition coefficient (Wildman–Crippen LogP) is 3.75. The number of nitrogens with zero attached hydrogens (tertiary/aromatic N) is 1. The molecular formula is C20H18Cl2FN5O2. The van der Waals surface area contributed by atoms with E-state index in [1.54, 1.807) is 24.4 Å². The van der Waals surface area contributed by atoms with Crippen molar-refractivity contribution < 1.29 is 14.0 Å². The molecule has 0 fully saturated rings. The minimum atomic E-state index is -0.362. The number of aromatic nitrogens is 1. The third kappa shape index (κ3) is 5.28. The lowest BCUT2D eigenvalue weighted by atomic mass is 10.1. The first-order valence-corrected chi connectivity index (χ1v) is 9.59. The fourth-order valence-corrected chi connectivity index (χ4v) is 3.52. The van der Waals surface area contributed by atoms with Crippen LogP contribution in [0, 0.1) is 5.82 Å². The third-order valence-electron chi connectivity index (χ3n) is 4.18. The fourth-order valence-electron chi connectivity index (χ4n) is 2.89. The van der Waals surface area contributed by atoms with Gasteiger partial charge < -0.3 is 16.0 Å². The van der Waals surface area contributed by atoms with E-state index < -0.39 is 0 Å². The Balaban J connectivity index is 1.63. The smallest absolute Gasteiger partial charge is 0.231 e. The number of nitrogens with two attached hydrogens (primary N) is 1. The molecular weight excluding hydrogens is 432 g/mol. The van der Waals surface area contributed by atoms with Crippen LogP contribution in [0.25, 0.3) is 10.9 Å². The van der Waals surface area contributed by atoms with Gasteiger partial charge in [-0.15, -0.1) is 0 Å². The number of fused-ring (bicyclic) bond motifs is 1. The number of hydrogen-bond donors (Lipinski definition) is 4. The van der Waals surface area contributed by atoms with Crippen molar-refractivity contribution in [1.82, 2.24) is 10.3 Å². The zero-order valence-electron chi connectivity index (χ0n) is 15.9. The number of rotatable bonds is 5. The van der Waals surface area contributed by atoms with Crippen LogP contribution in [0.1, 0.15) is 18.1 Å². The molecule has 0 aliphatic carbocycles. The first kappa shape index (κ1) is 21.6. The number of hydrogen-bond acceptors (Lipinski definition) is 3. The SMILES string of the molecule is CC(=O)Nc1c(Cl)cc(CN=C(N)NC(=O)Cc2c[nH]c3cc(F)ccc23)cc1Cl. The van der Waals surface area contributed by atoms with Crippen molar-refractivity contribution in [2.45, 2.75) is 19.9 Å². The molecule has 3 rings (SSSR count). The molecule has 0 unspecified atom stereocenters. The number of benzene rings is 2. The second kappa shape index (κ2) is 9.15. The van der Waals surface area contributed by atoms with Gasteiger partial charge in [0.05, 0.1) is 28.7 Å². The first-order chi connectivity index (χ1) is 14.2. The number of carbonyl (C=O) groups is 2. The number of aliphatic imine (C=N–C) groups is 1. The molecule has 7 nitrogen and oxygen atoms in total. The van der Waals surface area contributed by atoms with Gasteiger partial charge in [-0.25, -0.2) is 9.38 Å². The molecule has 0 saturated carbocycles. The number of halogens is 3. The standard InChI is InChI=1S/C20H18Cl2FN5O2/c1-10(29)27-19-15(21)4-11(5-16(19)22)8-26-20(24)28-18(30)6-12-9-25-17-7-13(23)2-3-14(12)17/h2-5,7,9,25H,6,8H2,1H3,(H,27,29)(H3,24,26,28,30). The van der Waals surface area contributed by atoms with E-state index in [-0.39, 0.29) is 46.6 Å². The second-order valence-corrected chi connectivity index (χ2v) is 7.36. The largest absolute Gasteiger partial charge is 0.370 e. The average molecular weight is 450 g/mol. The van der Waals surface area contributed by atoms with Crippen LogP contribution >= 0.6 is 23.2 Å². The van der Waals surface area contributed by atoms with Gasteiger partial charge in [-0.2, -0.15) is 0 Å². The molecule has 0 spiro atoms. The molecule has 10 heteroatoms. The summed E-state index contributed by atoms with van der Waals surface area (Å²) < 4.78 is 13.3. The van der Waals surface area contributed by atoms with Gasteiger partial charge >= 0.3 is 0 Å². The van der Waals surface area contributed by atoms with Crippen LogP contribution in [0.5, 0.6) is 0 Å². The van der Waals surface area contributed by atoms with E-state index in [0.29, 0.717) is 22.3 Å². The van der Waals surface area contributed by atoms with E-state index in [0.717, 1.165) is 5.39 Å². The highest BCUT2D eigenvalue weighted by Crippen LogP contribution is 2.32. The van der Waals surface area contributed by atoms with E-state index in [9.17, 15) is 14.0 Å². The van der Waals surface area contributed by atoms with Gasteiger partial charge in [0, 0.05) is 24.0 Å². The maximum absolute atomic E-state index is 13.3. The Morgan fingerprint density at radius 2 is 1.90 bits per heavy atom. The number of carbonyl (C=O) groups excluding carboxylic acids is 2. The Kier molecular flexibility index (Phi) is 6.59. The third-order valence-corrected chi connectivity index (χ3v) is 4.78. The Hall–Kier alpha value is -3.10. The Morgan fingerprint density at radius 3 is 2.57 bits per heavy atom. The predicted molar refractivity (Wildman–Crippen MR) is 116 cm³/mol. The van der Waals surface area contributed by atoms with Crippen molar-refractivity contribution >= 4 is 57.6 Å². The molecule has 0 radical (unpaired) electrons. The quantitative estimate of drug-likeness (QED) is 0.351. The van der Waals surface area contributed by atoms with Crippen molar-refractivity contribution in [1.29, 1.82) is 0 Å². The van der Waals surface area contributed by atoms with Crippen LogP contribution in [0.4, 0.5) is 10.1 Å². The number of guanidine groups is 1. The molecule has 0 aliphatic rings. The second-order valence-electron chi connectivity index (χ2n) is 6.55. The fraction of sp³-hybridized carbons (Fsp3) is 0.150. The number of aromatic amines is 1. The molecule has 3 aromatic rings. The highest BCUT2D eigenvalue weighted by atomic mass is 35.5. The van der Waals surface area contributed by atoms with Gasteiger partial charge in [0.1, 0.15) is 5.82 Å². The van der Waals surface area contributed by atoms with Gasteiger partial charge in [-0.1, -0.05) is 23.2 Å². The summed E-state index contributed by atoms with van der Waals surface area (Å²) in [5.74, 6) is -1.08. The summed E-state index contributed by atoms with van der Waals surface area (Å²) in [6, 6.07) is 7.50. The van der Waals surface area contributed by atoms with Crippen molar-refractivity contribution in [2.75, 3.05) is 5.32 Å². The molecule has 1 heterocycles. The molecule has 2 amide bonds. The summed E-state index contributed by atoms with van der Waals surface area (Å²) in [6.45, 7) is 1.47. The molecule has 0 aliphatic heterocycles. The minimum absolute atomic E-state index is 0.0465. The molecule has 2 aromatic carbocycles. The first-order valence-electron chi connectivity index (χ1n) is 8.83. The van der Waals surface area contributed by atoms with Crippen molar-refractivity contribution in [3.8, 4) is 0 Å². The number of anilines is 1. The van der Waals surface area contributed by atoms with Gasteiger partial charge in [0.15, 0.2) is 5.96 Å². The Labute approximate surface area is 181 Å². The molecule has 30 heavy (non-hydrogen) atoms. The van der Waals surface area contributed by atoms with Gasteiger partial charge in [-0.3, -0.25) is 14.9 Å². The minimum Gasteiger partial charge on any atom is -0.370 e. The van der Waals surface area contributed by atoms with E-state index in [1.807, 2.05) is 0 Å². The zero-order chi connectivity index (χ0) is 21.8. The van der Waals surface area contributed by atoms with Gasteiger partial charge in [-0.05, 0) is 41.5 Å². The molecule has 156 valence electrons. The number of nitrogens with one attached hydrogen (secondary N) is 3. The zero-order valence-corrected chi connectivity index (χ0v) is 17.4. The lowest BCUT2D eigenvalue weighted by Gasteiger charge is -2.10. The normalized spacial score (nSPS) is 11.5. The summed E-state index contributed by atoms with van der Waals surface area (Å²) in [4.78, 5) is 30.5. The van der Waals surface area contributed by atoms with E-state index in [1.165, 1.54) is 19.1 Å². The topological polar surface area (TPSA) is 112 Å². The maximum atomic E-state index is 13.3. The van der Waals surface area contributed by atoms with Crippen LogP contribution in [-0.4, -0.2) is 22.8 Å². The van der Waals surface area contributed by atoms with Gasteiger partial charge in [0.2, 0.25) is 11.8 Å². The van der Waals surface area contributed by atoms with Crippen LogP contribution in [0.2, 0.25) is 10.0 Å². The highest BCUT2D eigenvalue weighted by Gasteiger charge is 2.12. The molecule has 1 aromatic heterocycles. The van der Waals surface area contributed by atoms with Crippen LogP contribution in [0.15, 0.2) is 41.5 Å². The monoisotopic (exact) mass is 449 g/mol. The number of H-pyrrole nitrogens is 1. The van der Waals surface area contributed by atoms with Gasteiger partial charge in [0.25, 0.3) is 0 Å². The lowest BCUT2D eigenvalue weighted by Crippen LogP contribution is -2.37. The Morgan fingerprint density at radius 1 is 1.20 bits per heavy atom. The lowest BCUT2D eigenvalue weighted by molar-refractivity contribution is -0.119. The maximum Gasteiger partial charge on any atom is 0.231 e. The van der Waals surface area contributed by atoms with Crippen molar-refractivity contribution in [2.24, 2.45) is 10.7 Å². The summed E-state index contributed by atoms with van der Waals surface area (Å²) in [5, 5.41) is 6.35. The van der Waals surface area contributed by atoms with E-state index in [4.69, 9.17) is 28.9 Å². The molecule has 0 bridgehead atoms. The number of amides is 2. The van der Waals surface area contributed by atoms with E-state index >= 15 is 0 Å². The van der Waals surface area contributed by atoms with E-state index in [2.05, 4.69) is 20.6 Å². The van der Waals surface area contributed by atoms with Crippen LogP contribution < -0.4 is 16.4 Å². The van der Waals surface area contributed by atoms with Crippen molar-refractivity contribution in [3.05, 3.63) is 63.5 Å². The summed E-state index contributed by atoms with van der Waals surface area (Å²) in [7, 11) is 0. The summed E-state index contributed by atoms with van der Waals surface area (Å²) >= 11 is 12.3. The summed E-state index contributed by atoms with van der Waals surface area (Å²) in [6.07, 6.45) is 1.70. The highest BCUT2D eigenvalue weighted by molar-refractivity contribution is 6.39. The average Bonchev–Trinajstić information content (AvgIpc) is 3.04. The Bertz CT molecular complexity index is 1140. The molecule has 0 atom stereocenters. The van der Waals surface area contributed by atoms with Crippen molar-refractivity contribution in [3.63, 3.8) is 0 Å².